The standard InChI is InChI=1S/C15H21NOS/c1-11-4-5-14(12(2)8-11)15(17)9-16-6-7-18-10-13(16)3/h4-5,8,13H,6-7,9-10H2,1-3H3. The molecule has 0 radical (unpaired) electrons. The molecule has 0 spiro atoms. The van der Waals surface area contributed by atoms with E-state index in [1.165, 1.54) is 5.56 Å². The van der Waals surface area contributed by atoms with Crippen LogP contribution in [0.4, 0.5) is 0 Å². The number of carbonyl (C=O) groups excluding carboxylic acids is 1. The van der Waals surface area contributed by atoms with Gasteiger partial charge in [0.2, 0.25) is 0 Å². The molecule has 3 heteroatoms. The molecule has 2 nitrogen and oxygen atoms in total. The van der Waals surface area contributed by atoms with Crippen LogP contribution in [0.1, 0.15) is 28.4 Å². The molecule has 98 valence electrons. The average Bonchev–Trinajstić information content (AvgIpc) is 2.32. The second-order valence-electron chi connectivity index (χ2n) is 5.14. The van der Waals surface area contributed by atoms with E-state index < -0.39 is 0 Å². The molecule has 2 rings (SSSR count). The third-order valence-electron chi connectivity index (χ3n) is 3.53. The van der Waals surface area contributed by atoms with Crippen LogP contribution in [0.3, 0.4) is 0 Å². The zero-order chi connectivity index (χ0) is 13.1. The van der Waals surface area contributed by atoms with Crippen LogP contribution >= 0.6 is 11.8 Å². The first-order valence-electron chi connectivity index (χ1n) is 6.50. The molecule has 18 heavy (non-hydrogen) atoms. The number of hydrogen-bond donors (Lipinski definition) is 0. The molecule has 1 heterocycles. The van der Waals surface area contributed by atoms with E-state index in [-0.39, 0.29) is 5.78 Å². The van der Waals surface area contributed by atoms with Crippen molar-refractivity contribution in [3.8, 4) is 0 Å². The van der Waals surface area contributed by atoms with Crippen molar-refractivity contribution in [2.24, 2.45) is 0 Å². The first-order valence-corrected chi connectivity index (χ1v) is 7.65. The summed E-state index contributed by atoms with van der Waals surface area (Å²) in [4.78, 5) is 14.6. The Morgan fingerprint density at radius 2 is 2.22 bits per heavy atom. The van der Waals surface area contributed by atoms with Crippen LogP contribution in [0.15, 0.2) is 18.2 Å². The minimum absolute atomic E-state index is 0.256. The van der Waals surface area contributed by atoms with Crippen LogP contribution in [-0.2, 0) is 0 Å². The minimum Gasteiger partial charge on any atom is -0.293 e. The van der Waals surface area contributed by atoms with E-state index in [9.17, 15) is 4.79 Å². The quantitative estimate of drug-likeness (QED) is 0.782. The van der Waals surface area contributed by atoms with Crippen molar-refractivity contribution in [3.05, 3.63) is 34.9 Å². The van der Waals surface area contributed by atoms with Crippen molar-refractivity contribution < 1.29 is 4.79 Å². The van der Waals surface area contributed by atoms with Gasteiger partial charge in [-0.05, 0) is 26.3 Å². The maximum atomic E-state index is 12.3. The summed E-state index contributed by atoms with van der Waals surface area (Å²) in [6, 6.07) is 6.59. The van der Waals surface area contributed by atoms with E-state index >= 15 is 0 Å². The van der Waals surface area contributed by atoms with Crippen molar-refractivity contribution in [3.63, 3.8) is 0 Å². The van der Waals surface area contributed by atoms with Gasteiger partial charge >= 0.3 is 0 Å². The minimum atomic E-state index is 0.256. The molecule has 1 aromatic rings. The summed E-state index contributed by atoms with van der Waals surface area (Å²) in [7, 11) is 0. The van der Waals surface area contributed by atoms with Crippen LogP contribution in [0.25, 0.3) is 0 Å². The molecule has 1 aliphatic rings. The zero-order valence-corrected chi connectivity index (χ0v) is 12.2. The maximum Gasteiger partial charge on any atom is 0.177 e. The lowest BCUT2D eigenvalue weighted by atomic mass is 10.0. The van der Waals surface area contributed by atoms with E-state index in [1.807, 2.05) is 30.8 Å². The van der Waals surface area contributed by atoms with Gasteiger partial charge in [0.25, 0.3) is 0 Å². The highest BCUT2D eigenvalue weighted by Crippen LogP contribution is 2.17. The van der Waals surface area contributed by atoms with Gasteiger partial charge in [0, 0.05) is 29.7 Å². The molecule has 0 amide bonds. The fourth-order valence-electron chi connectivity index (χ4n) is 2.39. The van der Waals surface area contributed by atoms with E-state index in [2.05, 4.69) is 24.8 Å². The maximum absolute atomic E-state index is 12.3. The van der Waals surface area contributed by atoms with Gasteiger partial charge in [0.05, 0.1) is 6.54 Å². The summed E-state index contributed by atoms with van der Waals surface area (Å²) in [6.45, 7) is 7.89. The van der Waals surface area contributed by atoms with Gasteiger partial charge < -0.3 is 0 Å². The van der Waals surface area contributed by atoms with Crippen molar-refractivity contribution in [1.82, 2.24) is 4.90 Å². The summed E-state index contributed by atoms with van der Waals surface area (Å²) in [5.74, 6) is 2.54. The van der Waals surface area contributed by atoms with Crippen molar-refractivity contribution in [2.75, 3.05) is 24.6 Å². The van der Waals surface area contributed by atoms with Crippen molar-refractivity contribution >= 4 is 17.5 Å². The van der Waals surface area contributed by atoms with Crippen LogP contribution in [0.5, 0.6) is 0 Å². The Balaban J connectivity index is 2.07. The Kier molecular flexibility index (Phi) is 4.46. The monoisotopic (exact) mass is 263 g/mol. The fraction of sp³-hybridized carbons (Fsp3) is 0.533. The van der Waals surface area contributed by atoms with Crippen molar-refractivity contribution in [1.29, 1.82) is 0 Å². The van der Waals surface area contributed by atoms with Gasteiger partial charge in [-0.1, -0.05) is 23.8 Å². The zero-order valence-electron chi connectivity index (χ0n) is 11.4. The molecule has 0 bridgehead atoms. The van der Waals surface area contributed by atoms with E-state index in [1.54, 1.807) is 0 Å². The number of ketones is 1. The Labute approximate surface area is 114 Å². The Bertz CT molecular complexity index is 444. The summed E-state index contributed by atoms with van der Waals surface area (Å²) in [5, 5.41) is 0. The second-order valence-corrected chi connectivity index (χ2v) is 6.29. The highest BCUT2D eigenvalue weighted by molar-refractivity contribution is 7.99. The molecule has 1 aliphatic heterocycles. The lowest BCUT2D eigenvalue weighted by Gasteiger charge is -2.32. The highest BCUT2D eigenvalue weighted by Gasteiger charge is 2.21. The average molecular weight is 263 g/mol. The van der Waals surface area contributed by atoms with Crippen LogP contribution in [-0.4, -0.2) is 41.3 Å². The Hall–Kier alpha value is -0.800. The number of benzene rings is 1. The summed E-state index contributed by atoms with van der Waals surface area (Å²) < 4.78 is 0. The number of Topliss-reactive ketones (excluding diaryl/α,β-unsaturated/α-hetero) is 1. The largest absolute Gasteiger partial charge is 0.293 e. The first kappa shape index (κ1) is 13.6. The van der Waals surface area contributed by atoms with Gasteiger partial charge in [0.15, 0.2) is 5.78 Å². The van der Waals surface area contributed by atoms with Crippen LogP contribution < -0.4 is 0 Å². The normalized spacial score (nSPS) is 20.9. The predicted molar refractivity (Wildman–Crippen MR) is 78.6 cm³/mol. The molecule has 1 fully saturated rings. The summed E-state index contributed by atoms with van der Waals surface area (Å²) in [6.07, 6.45) is 0. The van der Waals surface area contributed by atoms with Crippen molar-refractivity contribution in [2.45, 2.75) is 26.8 Å². The first-order chi connectivity index (χ1) is 8.58. The molecular formula is C15H21NOS. The van der Waals surface area contributed by atoms with E-state index in [4.69, 9.17) is 0 Å². The third kappa shape index (κ3) is 3.15. The number of rotatable bonds is 3. The molecule has 0 saturated carbocycles. The van der Waals surface area contributed by atoms with Crippen LogP contribution in [0.2, 0.25) is 0 Å². The smallest absolute Gasteiger partial charge is 0.177 e. The molecule has 1 saturated heterocycles. The molecule has 0 N–H and O–H groups in total. The molecule has 1 atom stereocenters. The van der Waals surface area contributed by atoms with Gasteiger partial charge in [-0.2, -0.15) is 11.8 Å². The third-order valence-corrected chi connectivity index (χ3v) is 4.72. The SMILES string of the molecule is Cc1ccc(C(=O)CN2CCSCC2C)c(C)c1. The van der Waals surface area contributed by atoms with Crippen LogP contribution in [0, 0.1) is 13.8 Å². The summed E-state index contributed by atoms with van der Waals surface area (Å²) >= 11 is 1.98. The number of aryl methyl sites for hydroxylation is 2. The lowest BCUT2D eigenvalue weighted by molar-refractivity contribution is 0.0910. The van der Waals surface area contributed by atoms with Gasteiger partial charge in [-0.3, -0.25) is 9.69 Å². The van der Waals surface area contributed by atoms with Gasteiger partial charge in [0.1, 0.15) is 0 Å². The number of nitrogens with zero attached hydrogens (tertiary/aromatic N) is 1. The molecule has 1 aromatic carbocycles. The molecule has 0 aliphatic carbocycles. The van der Waals surface area contributed by atoms with Gasteiger partial charge in [-0.25, -0.2) is 0 Å². The molecule has 0 aromatic heterocycles. The molecular weight excluding hydrogens is 242 g/mol. The van der Waals surface area contributed by atoms with E-state index in [0.29, 0.717) is 12.6 Å². The lowest BCUT2D eigenvalue weighted by Crippen LogP contribution is -2.43. The summed E-state index contributed by atoms with van der Waals surface area (Å²) in [5.41, 5.74) is 3.19. The fourth-order valence-corrected chi connectivity index (χ4v) is 3.47. The number of hydrogen-bond acceptors (Lipinski definition) is 3. The van der Waals surface area contributed by atoms with E-state index in [0.717, 1.165) is 29.2 Å². The number of thioether (sulfide) groups is 1. The second kappa shape index (κ2) is 5.89. The topological polar surface area (TPSA) is 20.3 Å². The Morgan fingerprint density at radius 3 is 2.89 bits per heavy atom. The van der Waals surface area contributed by atoms with Gasteiger partial charge in [-0.15, -0.1) is 0 Å². The predicted octanol–water partition coefficient (Wildman–Crippen LogP) is 2.92. The Morgan fingerprint density at radius 1 is 1.44 bits per heavy atom. The number of carbonyl (C=O) groups is 1. The molecule has 1 unspecified atom stereocenters. The highest BCUT2D eigenvalue weighted by atomic mass is 32.2.